The fourth-order valence-corrected chi connectivity index (χ4v) is 7.91. The average Bonchev–Trinajstić information content (AvgIpc) is 2.78. The van der Waals surface area contributed by atoms with Gasteiger partial charge in [-0.05, 0) is 81.5 Å². The zero-order valence-corrected chi connectivity index (χ0v) is 15.2. The number of carbonyl (C=O) groups excluding carboxylic acids is 1. The average molecular weight is 319 g/mol. The van der Waals surface area contributed by atoms with E-state index in [9.17, 15) is 9.90 Å². The van der Waals surface area contributed by atoms with Crippen molar-refractivity contribution in [2.75, 3.05) is 0 Å². The summed E-state index contributed by atoms with van der Waals surface area (Å²) in [5.74, 6) is 2.40. The van der Waals surface area contributed by atoms with Crippen LogP contribution in [0.1, 0.15) is 85.0 Å². The zero-order valence-electron chi connectivity index (χ0n) is 15.2. The van der Waals surface area contributed by atoms with Gasteiger partial charge in [-0.1, -0.05) is 26.7 Å². The molecular formula is C21H34O2. The van der Waals surface area contributed by atoms with E-state index in [-0.39, 0.29) is 11.3 Å². The van der Waals surface area contributed by atoms with Gasteiger partial charge in [0.15, 0.2) is 0 Å². The lowest BCUT2D eigenvalue weighted by molar-refractivity contribution is -0.205. The Bertz CT molecular complexity index is 514. The van der Waals surface area contributed by atoms with Gasteiger partial charge in [-0.2, -0.15) is 0 Å². The molecule has 4 rings (SSSR count). The van der Waals surface area contributed by atoms with Gasteiger partial charge in [0, 0.05) is 11.3 Å². The molecule has 23 heavy (non-hydrogen) atoms. The molecule has 0 bridgehead atoms. The number of aliphatic hydroxyl groups is 1. The maximum Gasteiger partial charge on any atom is 0.133 e. The second kappa shape index (κ2) is 5.07. The third kappa shape index (κ3) is 1.94. The third-order valence-electron chi connectivity index (χ3n) is 9.26. The lowest BCUT2D eigenvalue weighted by Crippen LogP contribution is -2.62. The second-order valence-corrected chi connectivity index (χ2v) is 9.82. The van der Waals surface area contributed by atoms with Gasteiger partial charge in [-0.15, -0.1) is 0 Å². The van der Waals surface area contributed by atoms with E-state index in [4.69, 9.17) is 0 Å². The number of fused-ring (bicyclic) bond motifs is 5. The Labute approximate surface area is 141 Å². The molecule has 7 atom stereocenters. The molecule has 4 aliphatic rings. The van der Waals surface area contributed by atoms with E-state index in [1.807, 2.05) is 0 Å². The Balaban J connectivity index is 1.70. The molecule has 0 amide bonds. The molecule has 0 heterocycles. The summed E-state index contributed by atoms with van der Waals surface area (Å²) in [4.78, 5) is 12.2. The molecule has 130 valence electrons. The van der Waals surface area contributed by atoms with Crippen LogP contribution < -0.4 is 0 Å². The Hall–Kier alpha value is -0.370. The maximum absolute atomic E-state index is 12.2. The normalized spacial score (nSPS) is 55.7. The van der Waals surface area contributed by atoms with E-state index >= 15 is 0 Å². The number of rotatable bonds is 1. The Morgan fingerprint density at radius 2 is 1.70 bits per heavy atom. The lowest BCUT2D eigenvalue weighted by Gasteiger charge is -2.63. The molecular weight excluding hydrogens is 284 g/mol. The zero-order chi connectivity index (χ0) is 16.5. The Kier molecular flexibility index (Phi) is 3.55. The van der Waals surface area contributed by atoms with Crippen molar-refractivity contribution >= 4 is 5.78 Å². The molecule has 4 fully saturated rings. The van der Waals surface area contributed by atoms with Crippen LogP contribution in [0.2, 0.25) is 0 Å². The van der Waals surface area contributed by atoms with Gasteiger partial charge in [0.1, 0.15) is 5.78 Å². The van der Waals surface area contributed by atoms with Crippen LogP contribution in [-0.2, 0) is 4.79 Å². The molecule has 7 unspecified atom stereocenters. The first-order chi connectivity index (χ1) is 10.8. The number of hydrogen-bond acceptors (Lipinski definition) is 2. The van der Waals surface area contributed by atoms with Crippen molar-refractivity contribution in [2.45, 2.75) is 90.6 Å². The van der Waals surface area contributed by atoms with Gasteiger partial charge < -0.3 is 5.11 Å². The van der Waals surface area contributed by atoms with Gasteiger partial charge >= 0.3 is 0 Å². The van der Waals surface area contributed by atoms with Crippen LogP contribution in [-0.4, -0.2) is 16.5 Å². The first kappa shape index (κ1) is 16.1. The topological polar surface area (TPSA) is 37.3 Å². The van der Waals surface area contributed by atoms with Gasteiger partial charge in [0.25, 0.3) is 0 Å². The van der Waals surface area contributed by atoms with Crippen LogP contribution in [0.5, 0.6) is 0 Å². The summed E-state index contributed by atoms with van der Waals surface area (Å²) in [6.45, 7) is 6.52. The third-order valence-corrected chi connectivity index (χ3v) is 9.26. The smallest absolute Gasteiger partial charge is 0.133 e. The van der Waals surface area contributed by atoms with Gasteiger partial charge in [0.05, 0.1) is 5.60 Å². The number of carbonyl (C=O) groups is 1. The fraction of sp³-hybridized carbons (Fsp3) is 0.952. The van der Waals surface area contributed by atoms with Crippen molar-refractivity contribution in [1.29, 1.82) is 0 Å². The molecule has 0 aromatic heterocycles. The van der Waals surface area contributed by atoms with Crippen LogP contribution in [0.15, 0.2) is 0 Å². The first-order valence-electron chi connectivity index (χ1n) is 10.1. The molecule has 0 spiro atoms. The molecule has 2 heteroatoms. The molecule has 0 aromatic carbocycles. The van der Waals surface area contributed by atoms with Crippen LogP contribution >= 0.6 is 0 Å². The highest BCUT2D eigenvalue weighted by molar-refractivity contribution is 5.80. The van der Waals surface area contributed by atoms with Crippen LogP contribution in [0.25, 0.3) is 0 Å². The molecule has 0 radical (unpaired) electrons. The molecule has 0 saturated heterocycles. The van der Waals surface area contributed by atoms with Crippen molar-refractivity contribution in [3.63, 3.8) is 0 Å². The van der Waals surface area contributed by atoms with E-state index < -0.39 is 5.60 Å². The molecule has 2 nitrogen and oxygen atoms in total. The van der Waals surface area contributed by atoms with Gasteiger partial charge in [0.2, 0.25) is 0 Å². The van der Waals surface area contributed by atoms with Gasteiger partial charge in [-0.25, -0.2) is 0 Å². The van der Waals surface area contributed by atoms with E-state index in [0.29, 0.717) is 23.0 Å². The molecule has 1 N–H and O–H groups in total. The van der Waals surface area contributed by atoms with Crippen molar-refractivity contribution in [1.82, 2.24) is 0 Å². The van der Waals surface area contributed by atoms with E-state index in [2.05, 4.69) is 13.8 Å². The van der Waals surface area contributed by atoms with E-state index in [1.54, 1.807) is 6.92 Å². The first-order valence-corrected chi connectivity index (χ1v) is 10.1. The minimum absolute atomic E-state index is 0.0883. The molecule has 0 aromatic rings. The highest BCUT2D eigenvalue weighted by Gasteiger charge is 2.67. The minimum Gasteiger partial charge on any atom is -0.389 e. The molecule has 4 saturated carbocycles. The lowest BCUT2D eigenvalue weighted by atomic mass is 9.43. The van der Waals surface area contributed by atoms with Crippen molar-refractivity contribution in [3.05, 3.63) is 0 Å². The monoisotopic (exact) mass is 318 g/mol. The van der Waals surface area contributed by atoms with E-state index in [1.165, 1.54) is 44.9 Å². The van der Waals surface area contributed by atoms with Gasteiger partial charge in [-0.3, -0.25) is 4.79 Å². The molecule has 4 aliphatic carbocycles. The summed E-state index contributed by atoms with van der Waals surface area (Å²) in [6.07, 6.45) is 12.1. The molecule has 0 aliphatic heterocycles. The summed E-state index contributed by atoms with van der Waals surface area (Å²) < 4.78 is 0. The Morgan fingerprint density at radius 1 is 0.913 bits per heavy atom. The highest BCUT2D eigenvalue weighted by Crippen LogP contribution is 2.69. The standard InChI is InChI=1S/C21H34O2/c1-14(22)16-10-13-21(23)18-8-7-15-6-4-5-11-19(15,2)17(18)9-12-20(16,21)3/h15-18,23H,4-13H2,1-3H3. The van der Waals surface area contributed by atoms with Crippen LogP contribution in [0.3, 0.4) is 0 Å². The number of ketones is 1. The summed E-state index contributed by atoms with van der Waals surface area (Å²) in [7, 11) is 0. The summed E-state index contributed by atoms with van der Waals surface area (Å²) in [5, 5.41) is 11.8. The maximum atomic E-state index is 12.2. The summed E-state index contributed by atoms with van der Waals surface area (Å²) >= 11 is 0. The second-order valence-electron chi connectivity index (χ2n) is 9.82. The summed E-state index contributed by atoms with van der Waals surface area (Å²) in [5.41, 5.74) is -0.303. The summed E-state index contributed by atoms with van der Waals surface area (Å²) in [6, 6.07) is 0. The predicted molar refractivity (Wildman–Crippen MR) is 92.0 cm³/mol. The quantitative estimate of drug-likeness (QED) is 0.758. The minimum atomic E-state index is -0.586. The van der Waals surface area contributed by atoms with Crippen LogP contribution in [0, 0.1) is 34.5 Å². The predicted octanol–water partition coefficient (Wildman–Crippen LogP) is 4.74. The van der Waals surface area contributed by atoms with Crippen molar-refractivity contribution in [3.8, 4) is 0 Å². The number of Topliss-reactive ketones (excluding diaryl/α,β-unsaturated/α-hetero) is 1. The van der Waals surface area contributed by atoms with E-state index in [0.717, 1.165) is 25.2 Å². The van der Waals surface area contributed by atoms with Crippen molar-refractivity contribution < 1.29 is 9.90 Å². The highest BCUT2D eigenvalue weighted by atomic mass is 16.3. The number of hydrogen-bond donors (Lipinski definition) is 1. The fourth-order valence-electron chi connectivity index (χ4n) is 7.91. The van der Waals surface area contributed by atoms with Crippen LogP contribution in [0.4, 0.5) is 0 Å². The Morgan fingerprint density at radius 3 is 2.43 bits per heavy atom. The largest absolute Gasteiger partial charge is 0.389 e. The SMILES string of the molecule is CC(=O)C1CCC2(O)C3CCC4CCCCC4(C)C3CCC12C. The van der Waals surface area contributed by atoms with Crippen molar-refractivity contribution in [2.24, 2.45) is 34.5 Å².